The minimum absolute atomic E-state index is 0.0752. The first-order chi connectivity index (χ1) is 24.7. The van der Waals surface area contributed by atoms with Gasteiger partial charge in [-0.25, -0.2) is 0 Å². The van der Waals surface area contributed by atoms with Crippen LogP contribution in [0.15, 0.2) is 146 Å². The largest absolute Gasteiger partial charge is 0.309 e. The summed E-state index contributed by atoms with van der Waals surface area (Å²) < 4.78 is 5.19. The van der Waals surface area contributed by atoms with Gasteiger partial charge in [0.2, 0.25) is 0 Å². The van der Waals surface area contributed by atoms with Gasteiger partial charge in [-0.05, 0) is 91.9 Å². The minimum Gasteiger partial charge on any atom is -0.309 e. The molecule has 10 rings (SSSR count). The first-order valence-corrected chi connectivity index (χ1v) is 18.8. The van der Waals surface area contributed by atoms with E-state index in [9.17, 15) is 0 Å². The van der Waals surface area contributed by atoms with E-state index in [4.69, 9.17) is 0 Å². The van der Waals surface area contributed by atoms with Crippen LogP contribution in [0.3, 0.4) is 0 Å². The molecule has 0 atom stereocenters. The van der Waals surface area contributed by atoms with Crippen molar-refractivity contribution in [2.75, 3.05) is 0 Å². The third-order valence-electron chi connectivity index (χ3n) is 11.4. The van der Waals surface area contributed by atoms with Crippen molar-refractivity contribution in [3.63, 3.8) is 0 Å². The van der Waals surface area contributed by atoms with Crippen molar-refractivity contribution >= 4 is 53.3 Å². The summed E-state index contributed by atoms with van der Waals surface area (Å²) in [5.74, 6) is 0. The number of rotatable bonds is 3. The second-order valence-electron chi connectivity index (χ2n) is 15.8. The van der Waals surface area contributed by atoms with Crippen molar-refractivity contribution < 1.29 is 0 Å². The van der Waals surface area contributed by atoms with Gasteiger partial charge in [0.05, 0.1) is 11.0 Å². The summed E-state index contributed by atoms with van der Waals surface area (Å²) in [4.78, 5) is 0. The number of aromatic nitrogens is 1. The van der Waals surface area contributed by atoms with E-state index in [1.54, 1.807) is 0 Å². The lowest BCUT2D eigenvalue weighted by Gasteiger charge is -2.21. The second kappa shape index (κ2) is 10.8. The summed E-state index contributed by atoms with van der Waals surface area (Å²) in [6.45, 7) is 11.6. The van der Waals surface area contributed by atoms with E-state index in [0.717, 1.165) is 0 Å². The monoisotopic (exact) mass is 673 g/mol. The van der Waals surface area contributed by atoms with Crippen molar-refractivity contribution in [2.24, 2.45) is 0 Å². The number of nitrogens with zero attached hydrogens (tertiary/aromatic N) is 1. The molecule has 0 amide bonds. The van der Waals surface area contributed by atoms with Crippen LogP contribution in [0.4, 0.5) is 0 Å². The molecule has 51 heavy (non-hydrogen) atoms. The Hall–Kier alpha value is -5.44. The Morgan fingerprint density at radius 2 is 1.16 bits per heavy atom. The van der Waals surface area contributed by atoms with E-state index in [-0.39, 0.29) is 10.8 Å². The standard InChI is InChI=1S/C49H39NS/c1-48(2,3)33-22-17-30(18-23-33)32-21-26-37-41-28-40-36-11-6-8-15-42(36)49(4,5)43(40)29-45(41)50(44(37)27-32)34-24-19-31(20-25-34)35-13-10-14-39-38-12-7-9-16-46(38)51-47(35)39/h6-29H,1-5H3. The van der Waals surface area contributed by atoms with E-state index < -0.39 is 0 Å². The van der Waals surface area contributed by atoms with Crippen LogP contribution in [-0.2, 0) is 10.8 Å². The fourth-order valence-electron chi connectivity index (χ4n) is 8.60. The molecule has 0 unspecified atom stereocenters. The normalized spacial score (nSPS) is 13.7. The van der Waals surface area contributed by atoms with Crippen LogP contribution in [0.2, 0.25) is 0 Å². The van der Waals surface area contributed by atoms with Crippen molar-refractivity contribution in [2.45, 2.75) is 45.4 Å². The van der Waals surface area contributed by atoms with Gasteiger partial charge in [0, 0.05) is 42.0 Å². The highest BCUT2D eigenvalue weighted by Gasteiger charge is 2.36. The number of hydrogen-bond donors (Lipinski definition) is 0. The lowest BCUT2D eigenvalue weighted by Crippen LogP contribution is -2.14. The van der Waals surface area contributed by atoms with Crippen LogP contribution in [-0.4, -0.2) is 4.57 Å². The molecule has 0 N–H and O–H groups in total. The maximum atomic E-state index is 2.50. The molecule has 0 spiro atoms. The van der Waals surface area contributed by atoms with E-state index in [1.165, 1.54) is 97.7 Å². The molecular formula is C49H39NS. The Morgan fingerprint density at radius 3 is 1.96 bits per heavy atom. The van der Waals surface area contributed by atoms with Gasteiger partial charge in [-0.3, -0.25) is 0 Å². The highest BCUT2D eigenvalue weighted by Crippen LogP contribution is 2.51. The molecule has 0 radical (unpaired) electrons. The van der Waals surface area contributed by atoms with Gasteiger partial charge < -0.3 is 4.57 Å². The van der Waals surface area contributed by atoms with Crippen molar-refractivity contribution in [3.05, 3.63) is 162 Å². The molecule has 2 heteroatoms. The number of hydrogen-bond acceptors (Lipinski definition) is 1. The molecule has 1 aliphatic carbocycles. The van der Waals surface area contributed by atoms with Gasteiger partial charge in [-0.1, -0.05) is 144 Å². The fourth-order valence-corrected chi connectivity index (χ4v) is 9.83. The molecule has 9 aromatic rings. The topological polar surface area (TPSA) is 4.93 Å². The summed E-state index contributed by atoms with van der Waals surface area (Å²) in [6.07, 6.45) is 0. The highest BCUT2D eigenvalue weighted by atomic mass is 32.1. The third kappa shape index (κ3) is 4.52. The van der Waals surface area contributed by atoms with Crippen LogP contribution in [0, 0.1) is 0 Å². The van der Waals surface area contributed by atoms with Crippen LogP contribution in [0.1, 0.15) is 51.3 Å². The smallest absolute Gasteiger partial charge is 0.0547 e. The average Bonchev–Trinajstić information content (AvgIpc) is 3.76. The predicted molar refractivity (Wildman–Crippen MR) is 221 cm³/mol. The van der Waals surface area contributed by atoms with Crippen molar-refractivity contribution in [1.29, 1.82) is 0 Å². The summed E-state index contributed by atoms with van der Waals surface area (Å²) >= 11 is 1.89. The Kier molecular flexibility index (Phi) is 6.42. The van der Waals surface area contributed by atoms with Crippen LogP contribution in [0.25, 0.3) is 81.0 Å². The Morgan fingerprint density at radius 1 is 0.490 bits per heavy atom. The molecule has 0 bridgehead atoms. The van der Waals surface area contributed by atoms with Gasteiger partial charge in [-0.15, -0.1) is 11.3 Å². The number of thiophene rings is 1. The molecule has 0 aliphatic heterocycles. The van der Waals surface area contributed by atoms with Crippen molar-refractivity contribution in [3.8, 4) is 39.1 Å². The minimum atomic E-state index is -0.0752. The lowest BCUT2D eigenvalue weighted by atomic mass is 9.82. The SMILES string of the molecule is CC(C)(C)c1ccc(-c2ccc3c4cc5c(cc4n(-c4ccc(-c6cccc7c6sc6ccccc67)cc4)c3c2)C(C)(C)c2ccccc2-5)cc1. The Labute approximate surface area is 303 Å². The summed E-state index contributed by atoms with van der Waals surface area (Å²) in [7, 11) is 0. The zero-order valence-electron chi connectivity index (χ0n) is 29.7. The highest BCUT2D eigenvalue weighted by molar-refractivity contribution is 7.26. The summed E-state index contributed by atoms with van der Waals surface area (Å²) in [5, 5.41) is 5.25. The molecule has 7 aromatic carbocycles. The zero-order valence-corrected chi connectivity index (χ0v) is 30.5. The van der Waals surface area contributed by atoms with Crippen molar-refractivity contribution in [1.82, 2.24) is 4.57 Å². The maximum Gasteiger partial charge on any atom is 0.0547 e. The van der Waals surface area contributed by atoms with Gasteiger partial charge in [0.15, 0.2) is 0 Å². The van der Waals surface area contributed by atoms with E-state index in [1.807, 2.05) is 11.3 Å². The van der Waals surface area contributed by atoms with Crippen LogP contribution >= 0.6 is 11.3 Å². The van der Waals surface area contributed by atoms with E-state index >= 15 is 0 Å². The number of fused-ring (bicyclic) bond motifs is 9. The van der Waals surface area contributed by atoms with E-state index in [2.05, 4.69) is 185 Å². The lowest BCUT2D eigenvalue weighted by molar-refractivity contribution is 0.590. The second-order valence-corrected chi connectivity index (χ2v) is 16.9. The average molecular weight is 674 g/mol. The Bertz CT molecular complexity index is 2840. The fraction of sp³-hybridized carbons (Fsp3) is 0.143. The third-order valence-corrected chi connectivity index (χ3v) is 12.6. The van der Waals surface area contributed by atoms with Gasteiger partial charge in [0.25, 0.3) is 0 Å². The number of benzene rings is 7. The molecule has 1 nitrogen and oxygen atoms in total. The molecular weight excluding hydrogens is 635 g/mol. The summed E-state index contributed by atoms with van der Waals surface area (Å²) in [6, 6.07) is 54.8. The molecule has 1 aliphatic rings. The molecule has 2 heterocycles. The van der Waals surface area contributed by atoms with Gasteiger partial charge in [-0.2, -0.15) is 0 Å². The first-order valence-electron chi connectivity index (χ1n) is 18.0. The molecule has 0 saturated carbocycles. The Balaban J connectivity index is 1.18. The quantitative estimate of drug-likeness (QED) is 0.176. The predicted octanol–water partition coefficient (Wildman–Crippen LogP) is 14.1. The summed E-state index contributed by atoms with van der Waals surface area (Å²) in [5.41, 5.74) is 15.6. The van der Waals surface area contributed by atoms with Crippen LogP contribution in [0.5, 0.6) is 0 Å². The van der Waals surface area contributed by atoms with Gasteiger partial charge in [0.1, 0.15) is 0 Å². The van der Waals surface area contributed by atoms with E-state index in [0.29, 0.717) is 0 Å². The zero-order chi connectivity index (χ0) is 34.6. The first kappa shape index (κ1) is 30.4. The molecule has 2 aromatic heterocycles. The van der Waals surface area contributed by atoms with Gasteiger partial charge >= 0.3 is 0 Å². The molecule has 0 saturated heterocycles. The maximum absolute atomic E-state index is 2.50. The molecule has 246 valence electrons. The molecule has 0 fully saturated rings. The van der Waals surface area contributed by atoms with Crippen LogP contribution < -0.4 is 0 Å².